The first-order valence-corrected chi connectivity index (χ1v) is 5.21. The summed E-state index contributed by atoms with van der Waals surface area (Å²) in [7, 11) is 0. The highest BCUT2D eigenvalue weighted by Crippen LogP contribution is 2.17. The Morgan fingerprint density at radius 3 is 2.77 bits per heavy atom. The minimum absolute atomic E-state index is 0.0413. The van der Waals surface area contributed by atoms with E-state index in [0.29, 0.717) is 6.04 Å². The molecule has 0 bridgehead atoms. The third-order valence-electron chi connectivity index (χ3n) is 2.36. The summed E-state index contributed by atoms with van der Waals surface area (Å²) in [5.41, 5.74) is 0. The number of unbranched alkanes of at least 4 members (excludes halogenated alkanes) is 1. The molecule has 1 saturated carbocycles. The van der Waals surface area contributed by atoms with Crippen LogP contribution in [0, 0.1) is 6.54 Å². The average Bonchev–Trinajstić information content (AvgIpc) is 2.57. The standard InChI is InChI=1S/C10H19N2O/c1-2-3-8-11-10(13)12-9-6-4-5-7-9/h8-9H,2-7H2,1H3,(H2,11,12,13). The maximum Gasteiger partial charge on any atom is 0.315 e. The van der Waals surface area contributed by atoms with Crippen LogP contribution in [0.4, 0.5) is 4.79 Å². The Labute approximate surface area is 80.3 Å². The molecule has 0 aromatic heterocycles. The Kier molecular flexibility index (Phi) is 4.65. The second-order valence-corrected chi connectivity index (χ2v) is 3.59. The lowest BCUT2D eigenvalue weighted by Crippen LogP contribution is -2.39. The lowest BCUT2D eigenvalue weighted by Gasteiger charge is -2.12. The van der Waals surface area contributed by atoms with Crippen LogP contribution in [0.5, 0.6) is 0 Å². The van der Waals surface area contributed by atoms with Gasteiger partial charge in [-0.3, -0.25) is 0 Å². The van der Waals surface area contributed by atoms with Gasteiger partial charge in [0.25, 0.3) is 0 Å². The first-order chi connectivity index (χ1) is 6.33. The first kappa shape index (κ1) is 10.4. The van der Waals surface area contributed by atoms with Crippen LogP contribution < -0.4 is 10.6 Å². The summed E-state index contributed by atoms with van der Waals surface area (Å²) in [6.07, 6.45) is 6.80. The zero-order valence-corrected chi connectivity index (χ0v) is 8.31. The molecule has 3 heteroatoms. The molecule has 13 heavy (non-hydrogen) atoms. The van der Waals surface area contributed by atoms with Crippen molar-refractivity contribution >= 4 is 6.03 Å². The van der Waals surface area contributed by atoms with Gasteiger partial charge in [0.05, 0.1) is 6.54 Å². The molecule has 0 aliphatic heterocycles. The predicted molar refractivity (Wildman–Crippen MR) is 53.1 cm³/mol. The van der Waals surface area contributed by atoms with Gasteiger partial charge in [0.1, 0.15) is 0 Å². The first-order valence-electron chi connectivity index (χ1n) is 5.21. The molecule has 0 saturated heterocycles. The number of nitrogens with one attached hydrogen (secondary N) is 2. The van der Waals surface area contributed by atoms with E-state index in [9.17, 15) is 4.79 Å². The molecule has 1 radical (unpaired) electrons. The summed E-state index contributed by atoms with van der Waals surface area (Å²) >= 11 is 0. The van der Waals surface area contributed by atoms with Gasteiger partial charge in [-0.15, -0.1) is 0 Å². The topological polar surface area (TPSA) is 41.1 Å². The van der Waals surface area contributed by atoms with E-state index in [1.54, 1.807) is 0 Å². The SMILES string of the molecule is CCC[CH]NC(=O)NC1CCCC1. The van der Waals surface area contributed by atoms with E-state index in [2.05, 4.69) is 17.6 Å². The van der Waals surface area contributed by atoms with Crippen LogP contribution in [0.2, 0.25) is 0 Å². The fourth-order valence-electron chi connectivity index (χ4n) is 1.61. The molecule has 1 fully saturated rings. The van der Waals surface area contributed by atoms with Crippen molar-refractivity contribution in [3.8, 4) is 0 Å². The summed E-state index contributed by atoms with van der Waals surface area (Å²) < 4.78 is 0. The number of urea groups is 1. The molecule has 75 valence electrons. The van der Waals surface area contributed by atoms with Gasteiger partial charge >= 0.3 is 6.03 Å². The van der Waals surface area contributed by atoms with Gasteiger partial charge in [-0.25, -0.2) is 4.79 Å². The molecule has 0 spiro atoms. The Hall–Kier alpha value is -0.730. The Morgan fingerprint density at radius 1 is 1.46 bits per heavy atom. The quantitative estimate of drug-likeness (QED) is 0.644. The van der Waals surface area contributed by atoms with Crippen molar-refractivity contribution in [3.63, 3.8) is 0 Å². The molecule has 0 aromatic carbocycles. The van der Waals surface area contributed by atoms with E-state index >= 15 is 0 Å². The van der Waals surface area contributed by atoms with Gasteiger partial charge in [0, 0.05) is 6.04 Å². The molecule has 0 heterocycles. The minimum Gasteiger partial charge on any atom is -0.335 e. The number of hydrogen-bond donors (Lipinski definition) is 2. The second kappa shape index (κ2) is 5.84. The number of carbonyl (C=O) groups is 1. The van der Waals surface area contributed by atoms with Crippen molar-refractivity contribution in [3.05, 3.63) is 6.54 Å². The zero-order valence-electron chi connectivity index (χ0n) is 8.31. The highest BCUT2D eigenvalue weighted by Gasteiger charge is 2.16. The molecule has 1 rings (SSSR count). The van der Waals surface area contributed by atoms with E-state index in [1.165, 1.54) is 12.8 Å². The smallest absolute Gasteiger partial charge is 0.315 e. The largest absolute Gasteiger partial charge is 0.335 e. The number of hydrogen-bond acceptors (Lipinski definition) is 1. The normalized spacial score (nSPS) is 17.3. The van der Waals surface area contributed by atoms with Crippen LogP contribution >= 0.6 is 0 Å². The van der Waals surface area contributed by atoms with Crippen LogP contribution in [0.3, 0.4) is 0 Å². The van der Waals surface area contributed by atoms with Crippen molar-refractivity contribution in [1.82, 2.24) is 10.6 Å². The molecule has 0 aromatic rings. The summed E-state index contributed by atoms with van der Waals surface area (Å²) in [5.74, 6) is 0. The van der Waals surface area contributed by atoms with Gasteiger partial charge in [0.2, 0.25) is 0 Å². The van der Waals surface area contributed by atoms with Crippen molar-refractivity contribution < 1.29 is 4.79 Å². The van der Waals surface area contributed by atoms with Gasteiger partial charge in [-0.05, 0) is 19.3 Å². The van der Waals surface area contributed by atoms with E-state index in [4.69, 9.17) is 0 Å². The van der Waals surface area contributed by atoms with Crippen LogP contribution in [-0.2, 0) is 0 Å². The Bertz CT molecular complexity index is 153. The van der Waals surface area contributed by atoms with Crippen LogP contribution in [0.15, 0.2) is 0 Å². The fraction of sp³-hybridized carbons (Fsp3) is 0.800. The van der Waals surface area contributed by atoms with Crippen molar-refractivity contribution in [2.45, 2.75) is 51.5 Å². The predicted octanol–water partition coefficient (Wildman–Crippen LogP) is 2.19. The van der Waals surface area contributed by atoms with Gasteiger partial charge in [-0.1, -0.05) is 26.2 Å². The highest BCUT2D eigenvalue weighted by atomic mass is 16.2. The van der Waals surface area contributed by atoms with E-state index in [1.807, 2.05) is 6.54 Å². The van der Waals surface area contributed by atoms with Crippen molar-refractivity contribution in [1.29, 1.82) is 0 Å². The third-order valence-corrected chi connectivity index (χ3v) is 2.36. The maximum absolute atomic E-state index is 11.2. The van der Waals surface area contributed by atoms with Crippen LogP contribution in [-0.4, -0.2) is 12.1 Å². The minimum atomic E-state index is -0.0413. The molecular formula is C10H19N2O. The molecule has 0 atom stereocenters. The van der Waals surface area contributed by atoms with Crippen LogP contribution in [0.1, 0.15) is 45.4 Å². The van der Waals surface area contributed by atoms with E-state index in [-0.39, 0.29) is 6.03 Å². The monoisotopic (exact) mass is 183 g/mol. The molecule has 0 unspecified atom stereocenters. The second-order valence-electron chi connectivity index (χ2n) is 3.59. The zero-order chi connectivity index (χ0) is 9.52. The summed E-state index contributed by atoms with van der Waals surface area (Å²) in [6.45, 7) is 3.91. The lowest BCUT2D eigenvalue weighted by molar-refractivity contribution is 0.239. The number of rotatable bonds is 4. The summed E-state index contributed by atoms with van der Waals surface area (Å²) in [6, 6.07) is 0.371. The molecular weight excluding hydrogens is 164 g/mol. The fourth-order valence-corrected chi connectivity index (χ4v) is 1.61. The van der Waals surface area contributed by atoms with Crippen LogP contribution in [0.25, 0.3) is 0 Å². The van der Waals surface area contributed by atoms with Crippen molar-refractivity contribution in [2.75, 3.05) is 0 Å². The van der Waals surface area contributed by atoms with Gasteiger partial charge in [0.15, 0.2) is 0 Å². The molecule has 1 aliphatic rings. The third kappa shape index (κ3) is 4.15. The highest BCUT2D eigenvalue weighted by molar-refractivity contribution is 5.74. The number of carbonyl (C=O) groups excluding carboxylic acids is 1. The van der Waals surface area contributed by atoms with Crippen molar-refractivity contribution in [2.24, 2.45) is 0 Å². The van der Waals surface area contributed by atoms with Gasteiger partial charge in [-0.2, -0.15) is 0 Å². The molecule has 3 nitrogen and oxygen atoms in total. The number of amides is 2. The van der Waals surface area contributed by atoms with E-state index < -0.39 is 0 Å². The Balaban J connectivity index is 2.02. The molecule has 2 N–H and O–H groups in total. The average molecular weight is 183 g/mol. The maximum atomic E-state index is 11.2. The summed E-state index contributed by atoms with van der Waals surface area (Å²) in [5, 5.41) is 5.69. The Morgan fingerprint density at radius 2 is 2.15 bits per heavy atom. The van der Waals surface area contributed by atoms with E-state index in [0.717, 1.165) is 25.7 Å². The molecule has 2 amide bonds. The molecule has 1 aliphatic carbocycles. The van der Waals surface area contributed by atoms with Gasteiger partial charge < -0.3 is 10.6 Å². The summed E-state index contributed by atoms with van der Waals surface area (Å²) in [4.78, 5) is 11.2. The lowest BCUT2D eigenvalue weighted by atomic mass is 10.2.